The summed E-state index contributed by atoms with van der Waals surface area (Å²) in [6, 6.07) is 66.7. The number of nitrogens with zero attached hydrogens (tertiary/aromatic N) is 3. The van der Waals surface area contributed by atoms with Crippen LogP contribution in [0.2, 0.25) is 0 Å². The summed E-state index contributed by atoms with van der Waals surface area (Å²) in [5.41, 5.74) is 40.5. The van der Waals surface area contributed by atoms with Crippen molar-refractivity contribution < 1.29 is 39.6 Å². The monoisotopic (exact) mass is 1270 g/mol. The van der Waals surface area contributed by atoms with Crippen molar-refractivity contribution in [2.24, 2.45) is 22.9 Å². The van der Waals surface area contributed by atoms with Gasteiger partial charge in [0.25, 0.3) is 0 Å². The molecule has 0 aliphatic carbocycles. The van der Waals surface area contributed by atoms with Crippen molar-refractivity contribution in [2.75, 3.05) is 0 Å². The van der Waals surface area contributed by atoms with Crippen molar-refractivity contribution in [3.8, 4) is 107 Å². The molecule has 8 aromatic carbocycles. The zero-order chi connectivity index (χ0) is 66.3. The summed E-state index contributed by atoms with van der Waals surface area (Å²) in [5.74, 6) is -0.416. The number of aromatic hydroxyl groups is 4. The van der Waals surface area contributed by atoms with Crippen molar-refractivity contribution >= 4 is 35.0 Å². The Hall–Kier alpha value is -11.9. The summed E-state index contributed by atoms with van der Waals surface area (Å²) < 4.78 is 2.01. The summed E-state index contributed by atoms with van der Waals surface area (Å²) in [5, 5.41) is 43.0. The average molecular weight is 1270 g/mol. The van der Waals surface area contributed by atoms with Gasteiger partial charge in [-0.05, 0) is 234 Å². The van der Waals surface area contributed by atoms with E-state index in [1.54, 1.807) is 96.8 Å². The Balaban J connectivity index is 0.000000148. The first-order chi connectivity index (χ1) is 45.5. The van der Waals surface area contributed by atoms with Gasteiger partial charge in [-0.15, -0.1) is 0 Å². The number of phenols is 4. The number of aryl methyl sites for hydroxylation is 4. The molecule has 0 fully saturated rings. The molecule has 12 N–H and O–H groups in total. The number of pyridine rings is 2. The summed E-state index contributed by atoms with van der Waals surface area (Å²) in [7, 11) is 0. The highest BCUT2D eigenvalue weighted by Crippen LogP contribution is 2.36. The number of carbonyl (C=O) groups excluding carboxylic acids is 4. The minimum Gasteiger partial charge on any atom is -0.508 e. The normalized spacial score (nSPS) is 10.6. The third-order valence-electron chi connectivity index (χ3n) is 15.4. The van der Waals surface area contributed by atoms with E-state index >= 15 is 0 Å². The van der Waals surface area contributed by atoms with Crippen LogP contribution in [0.25, 0.3) is 83.6 Å². The van der Waals surface area contributed by atoms with Crippen LogP contribution in [0.5, 0.6) is 23.0 Å². The van der Waals surface area contributed by atoms with E-state index in [0.717, 1.165) is 106 Å². The predicted molar refractivity (Wildman–Crippen MR) is 373 cm³/mol. The van der Waals surface area contributed by atoms with Crippen LogP contribution in [0.15, 0.2) is 260 Å². The SMILES string of the molecule is NC(=O)CCc1cc(-c2cccnc2)ccc1-c1cccc(O)c1.NC(=O)CCc1cc(-c2ccncc2)ccc1-c1cccc(O)c1.NC(=O)CCc1cc(-c2ccsc2)ccc1-c1cccc(O)c1.NC(=O)CCc1cc(-n2cccc2)ccc1-c1cccc(O)c1. The van der Waals surface area contributed by atoms with Crippen molar-refractivity contribution in [1.29, 1.82) is 0 Å². The second-order valence-electron chi connectivity index (χ2n) is 22.1. The fraction of sp³-hybridized carbons (Fsp3) is 0.103. The minimum atomic E-state index is -0.330. The molecular formula is C78H71N7O8S. The van der Waals surface area contributed by atoms with Gasteiger partial charge in [-0.25, -0.2) is 0 Å². The first-order valence-corrected chi connectivity index (χ1v) is 31.3. The van der Waals surface area contributed by atoms with E-state index < -0.39 is 0 Å². The maximum Gasteiger partial charge on any atom is 0.217 e. The molecule has 0 bridgehead atoms. The molecule has 0 saturated heterocycles. The van der Waals surface area contributed by atoms with Gasteiger partial charge in [0.05, 0.1) is 0 Å². The largest absolute Gasteiger partial charge is 0.508 e. The fourth-order valence-corrected chi connectivity index (χ4v) is 11.4. The van der Waals surface area contributed by atoms with E-state index in [2.05, 4.69) is 51.7 Å². The molecule has 94 heavy (non-hydrogen) atoms. The smallest absolute Gasteiger partial charge is 0.217 e. The molecule has 0 saturated carbocycles. The van der Waals surface area contributed by atoms with Crippen LogP contribution in [-0.2, 0) is 44.9 Å². The summed E-state index contributed by atoms with van der Waals surface area (Å²) >= 11 is 1.65. The molecule has 0 unspecified atom stereocenters. The Bertz CT molecular complexity index is 4230. The van der Waals surface area contributed by atoms with Gasteiger partial charge in [-0.2, -0.15) is 11.3 Å². The van der Waals surface area contributed by atoms with Gasteiger partial charge in [0, 0.05) is 68.6 Å². The van der Waals surface area contributed by atoms with Crippen LogP contribution in [0.1, 0.15) is 47.9 Å². The lowest BCUT2D eigenvalue weighted by Crippen LogP contribution is -2.11. The summed E-state index contributed by atoms with van der Waals surface area (Å²) in [4.78, 5) is 52.9. The van der Waals surface area contributed by atoms with Gasteiger partial charge in [0.15, 0.2) is 0 Å². The molecular weight excluding hydrogens is 1190 g/mol. The number of rotatable bonds is 20. The molecule has 4 amide bonds. The van der Waals surface area contributed by atoms with E-state index in [9.17, 15) is 39.6 Å². The van der Waals surface area contributed by atoms with Crippen LogP contribution in [-0.4, -0.2) is 58.6 Å². The Morgan fingerprint density at radius 3 is 1.07 bits per heavy atom. The Morgan fingerprint density at radius 1 is 0.340 bits per heavy atom. The zero-order valence-electron chi connectivity index (χ0n) is 51.5. The molecule has 472 valence electrons. The Kier molecular flexibility index (Phi) is 23.2. The topological polar surface area (TPSA) is 284 Å². The molecule has 0 atom stereocenters. The maximum atomic E-state index is 11.2. The number of hydrogen-bond acceptors (Lipinski definition) is 11. The van der Waals surface area contributed by atoms with E-state index in [1.165, 1.54) is 0 Å². The predicted octanol–water partition coefficient (Wildman–Crippen LogP) is 14.6. The highest BCUT2D eigenvalue weighted by atomic mass is 32.1. The number of benzene rings is 8. The third-order valence-corrected chi connectivity index (χ3v) is 16.0. The van der Waals surface area contributed by atoms with Crippen molar-refractivity contribution in [2.45, 2.75) is 51.4 Å². The number of nitrogens with two attached hydrogens (primary N) is 4. The second-order valence-corrected chi connectivity index (χ2v) is 22.9. The number of thiophene rings is 1. The lowest BCUT2D eigenvalue weighted by atomic mass is 9.92. The van der Waals surface area contributed by atoms with Crippen molar-refractivity contribution in [1.82, 2.24) is 14.5 Å². The van der Waals surface area contributed by atoms with Gasteiger partial charge in [0.2, 0.25) is 23.6 Å². The molecule has 12 rings (SSSR count). The van der Waals surface area contributed by atoms with E-state index in [4.69, 9.17) is 22.9 Å². The van der Waals surface area contributed by atoms with Crippen LogP contribution in [0.3, 0.4) is 0 Å². The van der Waals surface area contributed by atoms with Gasteiger partial charge in [-0.1, -0.05) is 115 Å². The standard InChI is InChI=1S/2C20H18N2O2.C19H18N2O2.C19H17NO2S/c21-20(24)9-7-16-11-14(17-4-2-10-22-13-17)6-8-19(16)15-3-1-5-18(23)12-15;21-20(24)7-5-17-12-15(14-8-10-22-11-9-14)4-6-19(17)16-2-1-3-18(23)13-16;20-19(23)9-6-15-12-16(21-10-1-2-11-21)7-8-18(15)14-4-3-5-17(22)13-14;20-19(22)7-5-15-10-13(16-8-9-23-12-16)4-6-18(15)14-2-1-3-17(21)11-14/h1-6,8,10-13,23H,7,9H2,(H2,21,24);1-4,6,8-13,23H,5,7H2,(H2,21,24);1-5,7-8,10-13,22H,6,9H2,(H2,20,23);1-4,6,8-12,21H,5,7H2,(H2,20,22). The number of hydrogen-bond donors (Lipinski definition) is 8. The number of carbonyl (C=O) groups is 4. The van der Waals surface area contributed by atoms with Gasteiger partial charge in [-0.3, -0.25) is 29.1 Å². The quantitative estimate of drug-likeness (QED) is 0.0357. The summed E-state index contributed by atoms with van der Waals surface area (Å²) in [6.07, 6.45) is 14.4. The maximum absolute atomic E-state index is 11.2. The lowest BCUT2D eigenvalue weighted by molar-refractivity contribution is -0.118. The highest BCUT2D eigenvalue weighted by Gasteiger charge is 2.15. The highest BCUT2D eigenvalue weighted by molar-refractivity contribution is 7.08. The summed E-state index contributed by atoms with van der Waals surface area (Å²) in [6.45, 7) is 0. The molecule has 16 heteroatoms. The molecule has 0 spiro atoms. The first-order valence-electron chi connectivity index (χ1n) is 30.3. The number of aromatic nitrogens is 3. The molecule has 15 nitrogen and oxygen atoms in total. The van der Waals surface area contributed by atoms with Crippen molar-refractivity contribution in [3.05, 3.63) is 283 Å². The van der Waals surface area contributed by atoms with Crippen LogP contribution in [0.4, 0.5) is 0 Å². The molecule has 0 aliphatic rings. The number of phenolic OH excluding ortho intramolecular Hbond substituents is 4. The van der Waals surface area contributed by atoms with Gasteiger partial charge >= 0.3 is 0 Å². The fourth-order valence-electron chi connectivity index (χ4n) is 10.8. The van der Waals surface area contributed by atoms with Gasteiger partial charge < -0.3 is 47.9 Å². The number of primary amides is 4. The molecule has 12 aromatic rings. The number of amides is 4. The molecule has 0 radical (unpaired) electrons. The van der Waals surface area contributed by atoms with Crippen LogP contribution < -0.4 is 22.9 Å². The molecule has 0 aliphatic heterocycles. The van der Waals surface area contributed by atoms with E-state index in [0.29, 0.717) is 38.5 Å². The van der Waals surface area contributed by atoms with Crippen molar-refractivity contribution in [3.63, 3.8) is 0 Å². The average Bonchev–Trinajstić information content (AvgIpc) is 0.998. The van der Waals surface area contributed by atoms with Gasteiger partial charge in [0.1, 0.15) is 23.0 Å². The van der Waals surface area contributed by atoms with E-state index in [1.807, 2.05) is 138 Å². The first kappa shape index (κ1) is 66.5. The van der Waals surface area contributed by atoms with E-state index in [-0.39, 0.29) is 59.5 Å². The molecule has 4 aromatic heterocycles. The second kappa shape index (κ2) is 32.7. The third kappa shape index (κ3) is 19.1. The Morgan fingerprint density at radius 2 is 0.713 bits per heavy atom. The zero-order valence-corrected chi connectivity index (χ0v) is 52.3. The molecule has 4 heterocycles. The lowest BCUT2D eigenvalue weighted by Gasteiger charge is -2.13. The minimum absolute atomic E-state index is 0.213. The van der Waals surface area contributed by atoms with Crippen LogP contribution in [0, 0.1) is 0 Å². The Labute approximate surface area is 549 Å². The van der Waals surface area contributed by atoms with Crippen LogP contribution >= 0.6 is 11.3 Å².